The van der Waals surface area contributed by atoms with Crippen molar-refractivity contribution in [2.24, 2.45) is 0 Å². The molecule has 0 saturated carbocycles. The number of halogens is 1. The van der Waals surface area contributed by atoms with Gasteiger partial charge in [-0.15, -0.1) is 0 Å². The van der Waals surface area contributed by atoms with Gasteiger partial charge in [0.15, 0.2) is 0 Å². The second-order valence-electron chi connectivity index (χ2n) is 6.75. The largest absolute Gasteiger partial charge is 0.489 e. The second kappa shape index (κ2) is 9.89. The number of anilines is 1. The van der Waals surface area contributed by atoms with Crippen LogP contribution < -0.4 is 10.1 Å². The summed E-state index contributed by atoms with van der Waals surface area (Å²) in [5.41, 5.74) is 2.83. The van der Waals surface area contributed by atoms with Gasteiger partial charge < -0.3 is 10.1 Å². The second-order valence-corrected chi connectivity index (χ2v) is 7.16. The van der Waals surface area contributed by atoms with Gasteiger partial charge in [-0.2, -0.15) is 0 Å². The zero-order valence-corrected chi connectivity index (χ0v) is 17.2. The van der Waals surface area contributed by atoms with Crippen LogP contribution in [0.1, 0.15) is 34.8 Å². The van der Waals surface area contributed by atoms with Gasteiger partial charge >= 0.3 is 0 Å². The summed E-state index contributed by atoms with van der Waals surface area (Å²) in [5, 5.41) is 13.5. The molecule has 1 amide bonds. The molecule has 0 aliphatic rings. The molecule has 1 N–H and O–H groups in total. The van der Waals surface area contributed by atoms with Crippen LogP contribution >= 0.6 is 11.6 Å². The fourth-order valence-electron chi connectivity index (χ4n) is 2.87. The van der Waals surface area contributed by atoms with Crippen LogP contribution in [0.25, 0.3) is 0 Å². The Labute approximate surface area is 179 Å². The number of nitrogens with one attached hydrogen (secondary N) is 1. The quantitative estimate of drug-likeness (QED) is 0.353. The Kier molecular flexibility index (Phi) is 7.03. The minimum absolute atomic E-state index is 0.104. The number of carbonyl (C=O) groups excluding carboxylic acids is 1. The molecule has 0 radical (unpaired) electrons. The summed E-state index contributed by atoms with van der Waals surface area (Å²) in [4.78, 5) is 22.7. The molecular formula is C23H21ClN2O4. The molecule has 0 saturated heterocycles. The van der Waals surface area contributed by atoms with E-state index in [0.29, 0.717) is 17.9 Å². The van der Waals surface area contributed by atoms with E-state index in [0.717, 1.165) is 24.2 Å². The lowest BCUT2D eigenvalue weighted by atomic mass is 10.1. The summed E-state index contributed by atoms with van der Waals surface area (Å²) in [6.07, 6.45) is 2.16. The van der Waals surface area contributed by atoms with Crippen molar-refractivity contribution in [3.8, 4) is 5.75 Å². The molecule has 7 heteroatoms. The van der Waals surface area contributed by atoms with Crippen molar-refractivity contribution < 1.29 is 14.5 Å². The lowest BCUT2D eigenvalue weighted by molar-refractivity contribution is -0.384. The number of aryl methyl sites for hydroxylation is 1. The zero-order valence-electron chi connectivity index (χ0n) is 16.4. The molecule has 3 aromatic carbocycles. The number of amides is 1. The van der Waals surface area contributed by atoms with Crippen molar-refractivity contribution in [3.63, 3.8) is 0 Å². The lowest BCUT2D eigenvalue weighted by Gasteiger charge is -2.09. The summed E-state index contributed by atoms with van der Waals surface area (Å²) in [5.74, 6) is 0.439. The number of hydrogen-bond donors (Lipinski definition) is 1. The molecule has 0 bridgehead atoms. The van der Waals surface area contributed by atoms with Crippen molar-refractivity contribution >= 4 is 28.9 Å². The molecule has 0 unspecified atom stereocenters. The summed E-state index contributed by atoms with van der Waals surface area (Å²) < 4.78 is 5.79. The molecule has 0 aliphatic heterocycles. The SMILES string of the molecule is CCCc1ccc(OCc2ccc(C(=O)Nc3ccc([N+](=O)[O-])cc3Cl)cc2)cc1. The van der Waals surface area contributed by atoms with Crippen LogP contribution in [0.3, 0.4) is 0 Å². The highest BCUT2D eigenvalue weighted by Crippen LogP contribution is 2.27. The molecule has 154 valence electrons. The molecule has 0 fully saturated rings. The molecule has 0 spiro atoms. The van der Waals surface area contributed by atoms with Crippen molar-refractivity contribution in [2.75, 3.05) is 5.32 Å². The first-order chi connectivity index (χ1) is 14.5. The van der Waals surface area contributed by atoms with Gasteiger partial charge in [0.1, 0.15) is 12.4 Å². The van der Waals surface area contributed by atoms with E-state index in [1.54, 1.807) is 12.1 Å². The summed E-state index contributed by atoms with van der Waals surface area (Å²) in [6, 6.07) is 19.0. The maximum Gasteiger partial charge on any atom is 0.271 e. The van der Waals surface area contributed by atoms with E-state index >= 15 is 0 Å². The first-order valence-corrected chi connectivity index (χ1v) is 9.90. The highest BCUT2D eigenvalue weighted by Gasteiger charge is 2.12. The van der Waals surface area contributed by atoms with Gasteiger partial charge in [0, 0.05) is 17.7 Å². The first-order valence-electron chi connectivity index (χ1n) is 9.52. The number of non-ortho nitro benzene ring substituents is 1. The van der Waals surface area contributed by atoms with E-state index in [2.05, 4.69) is 24.4 Å². The van der Waals surface area contributed by atoms with Gasteiger partial charge in [0.2, 0.25) is 0 Å². The molecule has 30 heavy (non-hydrogen) atoms. The minimum Gasteiger partial charge on any atom is -0.489 e. The third-order valence-corrected chi connectivity index (χ3v) is 4.81. The number of ether oxygens (including phenoxy) is 1. The number of hydrogen-bond acceptors (Lipinski definition) is 4. The lowest BCUT2D eigenvalue weighted by Crippen LogP contribution is -2.12. The summed E-state index contributed by atoms with van der Waals surface area (Å²) >= 11 is 6.02. The van der Waals surface area contributed by atoms with Crippen LogP contribution in [0, 0.1) is 10.1 Å². The van der Waals surface area contributed by atoms with Crippen LogP contribution in [0.5, 0.6) is 5.75 Å². The fraction of sp³-hybridized carbons (Fsp3) is 0.174. The van der Waals surface area contributed by atoms with Crippen LogP contribution in [0.15, 0.2) is 66.7 Å². The van der Waals surface area contributed by atoms with Gasteiger partial charge in [-0.25, -0.2) is 0 Å². The van der Waals surface area contributed by atoms with E-state index in [-0.39, 0.29) is 16.6 Å². The van der Waals surface area contributed by atoms with Crippen molar-refractivity contribution in [3.05, 3.63) is 98.6 Å². The zero-order chi connectivity index (χ0) is 21.5. The van der Waals surface area contributed by atoms with Crippen LogP contribution in [0.4, 0.5) is 11.4 Å². The van der Waals surface area contributed by atoms with Crippen molar-refractivity contribution in [1.82, 2.24) is 0 Å². The highest BCUT2D eigenvalue weighted by atomic mass is 35.5. The Bertz CT molecular complexity index is 1030. The van der Waals surface area contributed by atoms with E-state index in [9.17, 15) is 14.9 Å². The smallest absolute Gasteiger partial charge is 0.271 e. The van der Waals surface area contributed by atoms with Crippen molar-refractivity contribution in [2.45, 2.75) is 26.4 Å². The topological polar surface area (TPSA) is 81.5 Å². The van der Waals surface area contributed by atoms with E-state index in [4.69, 9.17) is 16.3 Å². The van der Waals surface area contributed by atoms with Gasteiger partial charge in [-0.3, -0.25) is 14.9 Å². The predicted octanol–water partition coefficient (Wildman–Crippen LogP) is 6.03. The summed E-state index contributed by atoms with van der Waals surface area (Å²) in [6.45, 7) is 2.54. The molecule has 0 atom stereocenters. The molecular weight excluding hydrogens is 404 g/mol. The Morgan fingerprint density at radius 1 is 1.03 bits per heavy atom. The van der Waals surface area contributed by atoms with Gasteiger partial charge in [0.05, 0.1) is 15.6 Å². The van der Waals surface area contributed by atoms with Crippen LogP contribution in [-0.2, 0) is 13.0 Å². The minimum atomic E-state index is -0.544. The average Bonchev–Trinajstić information content (AvgIpc) is 2.75. The normalized spacial score (nSPS) is 10.5. The molecule has 0 aliphatic carbocycles. The standard InChI is InChI=1S/C23H21ClN2O4/c1-2-3-16-6-11-20(12-7-16)30-15-17-4-8-18(9-5-17)23(27)25-22-13-10-19(26(28)29)14-21(22)24/h4-14H,2-3,15H2,1H3,(H,25,27). The number of nitrogens with zero attached hydrogens (tertiary/aromatic N) is 1. The molecule has 3 aromatic rings. The number of benzene rings is 3. The maximum atomic E-state index is 12.4. The first kappa shape index (κ1) is 21.3. The molecule has 0 heterocycles. The Morgan fingerprint density at radius 2 is 1.70 bits per heavy atom. The number of nitro benzene ring substituents is 1. The molecule has 0 aromatic heterocycles. The predicted molar refractivity (Wildman–Crippen MR) is 117 cm³/mol. The van der Waals surface area contributed by atoms with Gasteiger partial charge in [-0.1, -0.05) is 49.2 Å². The number of carbonyl (C=O) groups is 1. The molecule has 6 nitrogen and oxygen atoms in total. The Balaban J connectivity index is 1.58. The van der Waals surface area contributed by atoms with Gasteiger partial charge in [-0.05, 0) is 47.9 Å². The molecule has 3 rings (SSSR count). The average molecular weight is 425 g/mol. The fourth-order valence-corrected chi connectivity index (χ4v) is 3.10. The van der Waals surface area contributed by atoms with Crippen LogP contribution in [0.2, 0.25) is 5.02 Å². The number of nitro groups is 1. The maximum absolute atomic E-state index is 12.4. The third kappa shape index (κ3) is 5.58. The summed E-state index contributed by atoms with van der Waals surface area (Å²) in [7, 11) is 0. The monoisotopic (exact) mass is 424 g/mol. The van der Waals surface area contributed by atoms with Gasteiger partial charge in [0.25, 0.3) is 11.6 Å². The number of rotatable bonds is 8. The van der Waals surface area contributed by atoms with Crippen molar-refractivity contribution in [1.29, 1.82) is 0 Å². The van der Waals surface area contributed by atoms with E-state index < -0.39 is 4.92 Å². The van der Waals surface area contributed by atoms with Crippen LogP contribution in [-0.4, -0.2) is 10.8 Å². The van der Waals surface area contributed by atoms with E-state index in [1.165, 1.54) is 23.8 Å². The Hall–Kier alpha value is -3.38. The van der Waals surface area contributed by atoms with E-state index in [1.807, 2.05) is 24.3 Å². The Morgan fingerprint density at radius 3 is 2.30 bits per heavy atom. The highest BCUT2D eigenvalue weighted by molar-refractivity contribution is 6.34. The third-order valence-electron chi connectivity index (χ3n) is 4.50.